The summed E-state index contributed by atoms with van der Waals surface area (Å²) in [6.07, 6.45) is 8.40. The Morgan fingerprint density at radius 1 is 1.53 bits per heavy atom. The molecule has 1 aromatic rings. The molecule has 0 saturated heterocycles. The third kappa shape index (κ3) is 2.23. The second-order valence-electron chi connectivity index (χ2n) is 4.83. The molecule has 0 radical (unpaired) electrons. The number of nitrogens with two attached hydrogens (primary N) is 1. The fraction of sp³-hybridized carbons (Fsp3) is 0.750. The molecular weight excluding hydrogens is 186 g/mol. The fourth-order valence-electron chi connectivity index (χ4n) is 2.61. The van der Waals surface area contributed by atoms with Crippen LogP contribution in [0.2, 0.25) is 0 Å². The first-order valence-corrected chi connectivity index (χ1v) is 5.95. The van der Waals surface area contributed by atoms with Gasteiger partial charge >= 0.3 is 0 Å². The summed E-state index contributed by atoms with van der Waals surface area (Å²) in [6, 6.07) is 0.223. The van der Waals surface area contributed by atoms with Crippen LogP contribution in [0, 0.1) is 0 Å². The summed E-state index contributed by atoms with van der Waals surface area (Å²) in [5.41, 5.74) is 8.67. The molecule has 1 fully saturated rings. The van der Waals surface area contributed by atoms with Gasteiger partial charge in [0.25, 0.3) is 0 Å². The van der Waals surface area contributed by atoms with Crippen molar-refractivity contribution < 1.29 is 0 Å². The third-order valence-corrected chi connectivity index (χ3v) is 3.40. The standard InChI is InChI=1S/C12H21N3/c1-9(13)7-12-11(8-14-15(12)2)10-5-3-4-6-10/h8-10H,3-7,13H2,1-2H3. The van der Waals surface area contributed by atoms with Gasteiger partial charge in [-0.15, -0.1) is 0 Å². The van der Waals surface area contributed by atoms with Crippen molar-refractivity contribution in [3.8, 4) is 0 Å². The maximum Gasteiger partial charge on any atom is 0.0527 e. The molecule has 3 nitrogen and oxygen atoms in total. The second kappa shape index (κ2) is 4.35. The Bertz CT molecular complexity index is 322. The molecule has 0 amide bonds. The first-order valence-electron chi connectivity index (χ1n) is 5.95. The Morgan fingerprint density at radius 2 is 2.20 bits per heavy atom. The zero-order valence-corrected chi connectivity index (χ0v) is 9.74. The lowest BCUT2D eigenvalue weighted by atomic mass is 9.96. The molecule has 1 saturated carbocycles. The minimum Gasteiger partial charge on any atom is -0.328 e. The van der Waals surface area contributed by atoms with E-state index >= 15 is 0 Å². The van der Waals surface area contributed by atoms with Crippen LogP contribution >= 0.6 is 0 Å². The summed E-state index contributed by atoms with van der Waals surface area (Å²) in [5.74, 6) is 0.743. The second-order valence-corrected chi connectivity index (χ2v) is 4.83. The van der Waals surface area contributed by atoms with Crippen LogP contribution in [0.25, 0.3) is 0 Å². The summed E-state index contributed by atoms with van der Waals surface area (Å²) >= 11 is 0. The van der Waals surface area contributed by atoms with Crippen LogP contribution in [0.4, 0.5) is 0 Å². The Balaban J connectivity index is 2.22. The van der Waals surface area contributed by atoms with Gasteiger partial charge in [-0.1, -0.05) is 12.8 Å². The van der Waals surface area contributed by atoms with Crippen LogP contribution in [0.15, 0.2) is 6.20 Å². The SMILES string of the molecule is CC(N)Cc1c(C2CCCC2)cnn1C. The van der Waals surface area contributed by atoms with Crippen LogP contribution in [0.1, 0.15) is 49.8 Å². The van der Waals surface area contributed by atoms with Gasteiger partial charge in [0.05, 0.1) is 6.20 Å². The zero-order valence-electron chi connectivity index (χ0n) is 9.74. The van der Waals surface area contributed by atoms with E-state index in [4.69, 9.17) is 5.73 Å². The van der Waals surface area contributed by atoms with E-state index in [0.29, 0.717) is 0 Å². The van der Waals surface area contributed by atoms with Gasteiger partial charge in [-0.2, -0.15) is 5.10 Å². The molecular formula is C12H21N3. The average molecular weight is 207 g/mol. The van der Waals surface area contributed by atoms with E-state index in [0.717, 1.165) is 12.3 Å². The van der Waals surface area contributed by atoms with Crippen molar-refractivity contribution in [2.75, 3.05) is 0 Å². The van der Waals surface area contributed by atoms with E-state index in [1.165, 1.54) is 36.9 Å². The molecule has 3 heteroatoms. The van der Waals surface area contributed by atoms with Gasteiger partial charge in [0, 0.05) is 25.2 Å². The maximum atomic E-state index is 5.88. The fourth-order valence-corrected chi connectivity index (χ4v) is 2.61. The van der Waals surface area contributed by atoms with Crippen LogP contribution < -0.4 is 5.73 Å². The molecule has 0 aromatic carbocycles. The molecule has 2 N–H and O–H groups in total. The summed E-state index contributed by atoms with van der Waals surface area (Å²) in [7, 11) is 2.02. The van der Waals surface area contributed by atoms with Gasteiger partial charge < -0.3 is 5.73 Å². The molecule has 1 heterocycles. The van der Waals surface area contributed by atoms with Gasteiger partial charge in [0.2, 0.25) is 0 Å². The topological polar surface area (TPSA) is 43.8 Å². The van der Waals surface area contributed by atoms with E-state index in [-0.39, 0.29) is 6.04 Å². The molecule has 15 heavy (non-hydrogen) atoms. The first-order chi connectivity index (χ1) is 7.18. The number of hydrogen-bond acceptors (Lipinski definition) is 2. The lowest BCUT2D eigenvalue weighted by Crippen LogP contribution is -2.20. The number of aryl methyl sites for hydroxylation is 1. The Labute approximate surface area is 91.7 Å². The maximum absolute atomic E-state index is 5.88. The molecule has 1 unspecified atom stereocenters. The van der Waals surface area contributed by atoms with E-state index in [1.807, 2.05) is 17.9 Å². The molecule has 0 spiro atoms. The number of aromatic nitrogens is 2. The van der Waals surface area contributed by atoms with Crippen molar-refractivity contribution in [1.82, 2.24) is 9.78 Å². The van der Waals surface area contributed by atoms with Crippen molar-refractivity contribution in [3.05, 3.63) is 17.5 Å². The molecule has 1 atom stereocenters. The van der Waals surface area contributed by atoms with Gasteiger partial charge in [-0.3, -0.25) is 4.68 Å². The van der Waals surface area contributed by atoms with Crippen molar-refractivity contribution >= 4 is 0 Å². The Kier molecular flexibility index (Phi) is 3.10. The minimum absolute atomic E-state index is 0.223. The molecule has 2 rings (SSSR count). The number of rotatable bonds is 3. The van der Waals surface area contributed by atoms with Gasteiger partial charge in [0.1, 0.15) is 0 Å². The molecule has 0 aliphatic heterocycles. The molecule has 1 aromatic heterocycles. The highest BCUT2D eigenvalue weighted by Gasteiger charge is 2.22. The third-order valence-electron chi connectivity index (χ3n) is 3.40. The highest BCUT2D eigenvalue weighted by molar-refractivity contribution is 5.24. The highest BCUT2D eigenvalue weighted by Crippen LogP contribution is 2.35. The van der Waals surface area contributed by atoms with Crippen LogP contribution in [0.5, 0.6) is 0 Å². The predicted octanol–water partition coefficient (Wildman–Crippen LogP) is 1.97. The van der Waals surface area contributed by atoms with Crippen LogP contribution in [-0.2, 0) is 13.5 Å². The predicted molar refractivity (Wildman–Crippen MR) is 61.8 cm³/mol. The number of nitrogens with zero attached hydrogens (tertiary/aromatic N) is 2. The normalized spacial score (nSPS) is 19.7. The monoisotopic (exact) mass is 207 g/mol. The summed E-state index contributed by atoms with van der Waals surface area (Å²) in [5, 5.41) is 4.38. The molecule has 1 aliphatic carbocycles. The van der Waals surface area contributed by atoms with Crippen LogP contribution in [-0.4, -0.2) is 15.8 Å². The van der Waals surface area contributed by atoms with Crippen molar-refractivity contribution in [1.29, 1.82) is 0 Å². The van der Waals surface area contributed by atoms with Gasteiger partial charge in [-0.05, 0) is 31.2 Å². The number of hydrogen-bond donors (Lipinski definition) is 1. The minimum atomic E-state index is 0.223. The Morgan fingerprint density at radius 3 is 2.80 bits per heavy atom. The smallest absolute Gasteiger partial charge is 0.0527 e. The largest absolute Gasteiger partial charge is 0.328 e. The lowest BCUT2D eigenvalue weighted by molar-refractivity contribution is 0.631. The van der Waals surface area contributed by atoms with E-state index in [1.54, 1.807) is 0 Å². The van der Waals surface area contributed by atoms with Crippen molar-refractivity contribution in [3.63, 3.8) is 0 Å². The van der Waals surface area contributed by atoms with Crippen molar-refractivity contribution in [2.24, 2.45) is 12.8 Å². The van der Waals surface area contributed by atoms with Crippen molar-refractivity contribution in [2.45, 2.75) is 51.0 Å². The molecule has 0 bridgehead atoms. The quantitative estimate of drug-likeness (QED) is 0.823. The first kappa shape index (κ1) is 10.7. The lowest BCUT2D eigenvalue weighted by Gasteiger charge is -2.13. The Hall–Kier alpha value is -0.830. The highest BCUT2D eigenvalue weighted by atomic mass is 15.3. The molecule has 84 valence electrons. The van der Waals surface area contributed by atoms with E-state index in [2.05, 4.69) is 12.0 Å². The van der Waals surface area contributed by atoms with E-state index in [9.17, 15) is 0 Å². The summed E-state index contributed by atoms with van der Waals surface area (Å²) in [6.45, 7) is 2.06. The van der Waals surface area contributed by atoms with Crippen LogP contribution in [0.3, 0.4) is 0 Å². The summed E-state index contributed by atoms with van der Waals surface area (Å²) < 4.78 is 2.00. The zero-order chi connectivity index (χ0) is 10.8. The van der Waals surface area contributed by atoms with Gasteiger partial charge in [-0.25, -0.2) is 0 Å². The van der Waals surface area contributed by atoms with Gasteiger partial charge in [0.15, 0.2) is 0 Å². The average Bonchev–Trinajstić information content (AvgIpc) is 2.76. The molecule has 1 aliphatic rings. The summed E-state index contributed by atoms with van der Waals surface area (Å²) in [4.78, 5) is 0. The van der Waals surface area contributed by atoms with E-state index < -0.39 is 0 Å².